The van der Waals surface area contributed by atoms with Crippen LogP contribution in [-0.4, -0.2) is 0 Å². The lowest BCUT2D eigenvalue weighted by Crippen LogP contribution is -2.14. The molecule has 0 aromatic heterocycles. The molecule has 0 saturated heterocycles. The molecule has 0 amide bonds. The highest BCUT2D eigenvalue weighted by molar-refractivity contribution is 6.17. The van der Waals surface area contributed by atoms with E-state index in [1.54, 1.807) is 0 Å². The number of rotatable bonds is 1. The normalized spacial score (nSPS) is 14.7. The maximum atomic E-state index is 6.34. The number of hydrogen-bond donors (Lipinski definition) is 0. The molecular weight excluding hydrogens is 324 g/mol. The Kier molecular flexibility index (Phi) is 4.79. The van der Waals surface area contributed by atoms with Crippen molar-refractivity contribution in [1.29, 1.82) is 0 Å². The fraction of sp³-hybridized carbons (Fsp3) is 0.500. The Bertz CT molecular complexity index is 785. The van der Waals surface area contributed by atoms with Crippen LogP contribution in [0.25, 0.3) is 0 Å². The minimum Gasteiger partial charge on any atom is -0.122 e. The quantitative estimate of drug-likeness (QED) is 0.499. The van der Waals surface area contributed by atoms with Gasteiger partial charge in [0.25, 0.3) is 0 Å². The lowest BCUT2D eigenvalue weighted by molar-refractivity contribution is 0.588. The summed E-state index contributed by atoms with van der Waals surface area (Å²) in [5.74, 6) is 0.607. The lowest BCUT2D eigenvalue weighted by atomic mass is 9.82. The van der Waals surface area contributed by atoms with Crippen LogP contribution in [0, 0.1) is 0 Å². The average Bonchev–Trinajstić information content (AvgIpc) is 2.70. The van der Waals surface area contributed by atoms with Crippen molar-refractivity contribution in [2.24, 2.45) is 0 Å². The van der Waals surface area contributed by atoms with Gasteiger partial charge in [-0.05, 0) is 69.0 Å². The molecule has 0 spiro atoms. The van der Waals surface area contributed by atoms with Crippen LogP contribution in [0.2, 0.25) is 0 Å². The summed E-state index contributed by atoms with van der Waals surface area (Å²) in [5, 5.41) is 0. The van der Waals surface area contributed by atoms with Gasteiger partial charge in [0.05, 0.1) is 0 Å². The summed E-state index contributed by atoms with van der Waals surface area (Å²) in [5.41, 5.74) is 10.5. The fourth-order valence-corrected chi connectivity index (χ4v) is 4.03. The molecule has 2 aromatic carbocycles. The predicted molar refractivity (Wildman–Crippen MR) is 110 cm³/mol. The van der Waals surface area contributed by atoms with Gasteiger partial charge in [0, 0.05) is 5.88 Å². The molecule has 1 aliphatic carbocycles. The van der Waals surface area contributed by atoms with E-state index in [0.717, 1.165) is 19.3 Å². The molecule has 0 heterocycles. The molecule has 25 heavy (non-hydrogen) atoms. The van der Waals surface area contributed by atoms with E-state index in [-0.39, 0.29) is 10.8 Å². The minimum atomic E-state index is 0.151. The molecule has 0 fully saturated rings. The van der Waals surface area contributed by atoms with Crippen LogP contribution in [0.4, 0.5) is 0 Å². The van der Waals surface area contributed by atoms with Gasteiger partial charge in [-0.25, -0.2) is 0 Å². The van der Waals surface area contributed by atoms with Crippen LogP contribution in [0.5, 0.6) is 0 Å². The van der Waals surface area contributed by atoms with Gasteiger partial charge in [0.15, 0.2) is 0 Å². The van der Waals surface area contributed by atoms with Crippen molar-refractivity contribution in [3.8, 4) is 0 Å². The number of aryl methyl sites for hydroxylation is 1. The third-order valence-corrected chi connectivity index (χ3v) is 5.83. The summed E-state index contributed by atoms with van der Waals surface area (Å²) in [6.07, 6.45) is 3.25. The van der Waals surface area contributed by atoms with Crippen LogP contribution < -0.4 is 0 Å². The van der Waals surface area contributed by atoms with Crippen molar-refractivity contribution in [2.75, 3.05) is 0 Å². The van der Waals surface area contributed by atoms with Crippen LogP contribution in [0.3, 0.4) is 0 Å². The monoisotopic (exact) mass is 354 g/mol. The van der Waals surface area contributed by atoms with E-state index >= 15 is 0 Å². The van der Waals surface area contributed by atoms with Crippen molar-refractivity contribution in [1.82, 2.24) is 0 Å². The number of alkyl halides is 1. The van der Waals surface area contributed by atoms with E-state index in [9.17, 15) is 0 Å². The maximum absolute atomic E-state index is 6.34. The van der Waals surface area contributed by atoms with Crippen LogP contribution in [-0.2, 0) is 36.0 Å². The second kappa shape index (κ2) is 6.47. The van der Waals surface area contributed by atoms with Crippen molar-refractivity contribution in [3.05, 3.63) is 69.3 Å². The molecule has 1 heteroatoms. The molecule has 0 atom stereocenters. The molecule has 2 aromatic rings. The molecule has 0 unspecified atom stereocenters. The fourth-order valence-electron chi connectivity index (χ4n) is 3.79. The summed E-state index contributed by atoms with van der Waals surface area (Å²) < 4.78 is 0. The SMILES string of the molecule is CC(C)(C)c1ccc2c(c1)Cc1cc(C(C)(C)C)cc(CCl)c1CC2. The van der Waals surface area contributed by atoms with E-state index in [4.69, 9.17) is 11.6 Å². The number of halogens is 1. The van der Waals surface area contributed by atoms with Gasteiger partial charge in [-0.2, -0.15) is 0 Å². The number of fused-ring (bicyclic) bond motifs is 2. The highest BCUT2D eigenvalue weighted by Gasteiger charge is 2.22. The Balaban J connectivity index is 2.12. The first kappa shape index (κ1) is 18.5. The van der Waals surface area contributed by atoms with Crippen LogP contribution in [0.15, 0.2) is 30.3 Å². The molecule has 134 valence electrons. The largest absolute Gasteiger partial charge is 0.122 e. The molecule has 0 saturated carbocycles. The second-order valence-corrected chi connectivity index (χ2v) is 9.83. The highest BCUT2D eigenvalue weighted by atomic mass is 35.5. The summed E-state index contributed by atoms with van der Waals surface area (Å²) >= 11 is 6.34. The second-order valence-electron chi connectivity index (χ2n) is 9.57. The molecular formula is C24H31Cl. The summed E-state index contributed by atoms with van der Waals surface area (Å²) in [7, 11) is 0. The van der Waals surface area contributed by atoms with Crippen molar-refractivity contribution >= 4 is 11.6 Å². The van der Waals surface area contributed by atoms with Gasteiger partial charge in [-0.15, -0.1) is 11.6 Å². The number of benzene rings is 2. The molecule has 0 nitrogen and oxygen atoms in total. The topological polar surface area (TPSA) is 0 Å². The van der Waals surface area contributed by atoms with E-state index in [2.05, 4.69) is 71.9 Å². The maximum Gasteiger partial charge on any atom is 0.0477 e. The zero-order valence-electron chi connectivity index (χ0n) is 16.6. The third kappa shape index (κ3) is 3.80. The van der Waals surface area contributed by atoms with Gasteiger partial charge in [0.2, 0.25) is 0 Å². The van der Waals surface area contributed by atoms with E-state index < -0.39 is 0 Å². The van der Waals surface area contributed by atoms with Gasteiger partial charge < -0.3 is 0 Å². The Morgan fingerprint density at radius 1 is 0.760 bits per heavy atom. The van der Waals surface area contributed by atoms with Crippen molar-refractivity contribution < 1.29 is 0 Å². The zero-order chi connectivity index (χ0) is 18.4. The molecule has 3 rings (SSSR count). The Morgan fingerprint density at radius 3 is 2.00 bits per heavy atom. The third-order valence-electron chi connectivity index (χ3n) is 5.54. The van der Waals surface area contributed by atoms with Gasteiger partial charge >= 0.3 is 0 Å². The first-order valence-corrected chi connectivity index (χ1v) is 9.96. The number of hydrogen-bond acceptors (Lipinski definition) is 0. The van der Waals surface area contributed by atoms with Gasteiger partial charge in [0.1, 0.15) is 0 Å². The van der Waals surface area contributed by atoms with Gasteiger partial charge in [-0.3, -0.25) is 0 Å². The van der Waals surface area contributed by atoms with Crippen molar-refractivity contribution in [2.45, 2.75) is 77.5 Å². The van der Waals surface area contributed by atoms with E-state index in [0.29, 0.717) is 5.88 Å². The zero-order valence-corrected chi connectivity index (χ0v) is 17.3. The Morgan fingerprint density at radius 2 is 1.40 bits per heavy atom. The summed E-state index contributed by atoms with van der Waals surface area (Å²) in [4.78, 5) is 0. The lowest BCUT2D eigenvalue weighted by Gasteiger charge is -2.23. The summed E-state index contributed by atoms with van der Waals surface area (Å²) in [6.45, 7) is 13.7. The van der Waals surface area contributed by atoms with E-state index in [1.807, 2.05) is 0 Å². The molecule has 1 aliphatic rings. The predicted octanol–water partition coefficient (Wildman–Crippen LogP) is 6.71. The van der Waals surface area contributed by atoms with Crippen LogP contribution in [0.1, 0.15) is 80.5 Å². The Labute approximate surface area is 158 Å². The van der Waals surface area contributed by atoms with E-state index in [1.165, 1.54) is 38.9 Å². The minimum absolute atomic E-state index is 0.151. The highest BCUT2D eigenvalue weighted by Crippen LogP contribution is 2.34. The Hall–Kier alpha value is -1.27. The standard InChI is InChI=1S/C24H31Cl/c1-23(2,3)20-9-7-16-8-10-22-18(11-17(16)12-20)13-21(24(4,5)6)14-19(22)15-25/h7,9,12-14H,8,10-11,15H2,1-6H3. The van der Waals surface area contributed by atoms with Crippen LogP contribution >= 0.6 is 11.6 Å². The molecule has 0 N–H and O–H groups in total. The first-order valence-electron chi connectivity index (χ1n) is 9.43. The smallest absolute Gasteiger partial charge is 0.0477 e. The molecule has 0 bridgehead atoms. The van der Waals surface area contributed by atoms with Gasteiger partial charge in [-0.1, -0.05) is 71.9 Å². The first-order chi connectivity index (χ1) is 11.6. The molecule has 0 aliphatic heterocycles. The summed E-state index contributed by atoms with van der Waals surface area (Å²) in [6, 6.07) is 11.9. The average molecular weight is 355 g/mol. The van der Waals surface area contributed by atoms with Crippen molar-refractivity contribution in [3.63, 3.8) is 0 Å². The molecule has 0 radical (unpaired) electrons.